The van der Waals surface area contributed by atoms with Gasteiger partial charge in [0.25, 0.3) is 0 Å². The summed E-state index contributed by atoms with van der Waals surface area (Å²) in [7, 11) is 0. The summed E-state index contributed by atoms with van der Waals surface area (Å²) in [5.74, 6) is -0.653. The van der Waals surface area contributed by atoms with Crippen molar-refractivity contribution in [2.45, 2.75) is 56.9 Å². The second-order valence-corrected chi connectivity index (χ2v) is 8.02. The van der Waals surface area contributed by atoms with Gasteiger partial charge in [0.2, 0.25) is 0 Å². The molecule has 2 aromatic rings. The highest BCUT2D eigenvalue weighted by molar-refractivity contribution is 5.80. The van der Waals surface area contributed by atoms with E-state index in [1.807, 2.05) is 0 Å². The number of rotatable bonds is 4. The molecule has 2 heterocycles. The summed E-state index contributed by atoms with van der Waals surface area (Å²) >= 11 is 0. The molecule has 0 bridgehead atoms. The molecule has 0 spiro atoms. The van der Waals surface area contributed by atoms with Crippen LogP contribution in [-0.2, 0) is 0 Å². The lowest BCUT2D eigenvalue weighted by atomic mass is 9.84. The van der Waals surface area contributed by atoms with Crippen LogP contribution in [0.2, 0.25) is 0 Å². The Kier molecular flexibility index (Phi) is 5.23. The molecular formula is C20H27F2N3O. The van der Waals surface area contributed by atoms with Crippen LogP contribution in [0.25, 0.3) is 11.0 Å². The van der Waals surface area contributed by atoms with E-state index in [2.05, 4.69) is 10.1 Å². The molecule has 4 rings (SSSR count). The Morgan fingerprint density at radius 2 is 1.73 bits per heavy atom. The number of piperidine rings is 1. The number of benzene rings is 1. The van der Waals surface area contributed by atoms with Crippen molar-refractivity contribution in [1.82, 2.24) is 10.1 Å². The van der Waals surface area contributed by atoms with Crippen LogP contribution in [0.3, 0.4) is 0 Å². The van der Waals surface area contributed by atoms with Crippen molar-refractivity contribution in [3.63, 3.8) is 0 Å². The Bertz CT molecular complexity index is 747. The lowest BCUT2D eigenvalue weighted by Crippen LogP contribution is -2.35. The van der Waals surface area contributed by atoms with Gasteiger partial charge in [0, 0.05) is 23.4 Å². The average Bonchev–Trinajstić information content (AvgIpc) is 3.05. The van der Waals surface area contributed by atoms with Crippen molar-refractivity contribution >= 4 is 11.0 Å². The third kappa shape index (κ3) is 3.76. The van der Waals surface area contributed by atoms with Gasteiger partial charge in [0.05, 0.1) is 5.69 Å². The highest BCUT2D eigenvalue weighted by Crippen LogP contribution is 2.34. The number of hydrogen-bond acceptors (Lipinski definition) is 4. The third-order valence-electron chi connectivity index (χ3n) is 6.26. The van der Waals surface area contributed by atoms with Crippen LogP contribution in [-0.4, -0.2) is 35.7 Å². The van der Waals surface area contributed by atoms with Gasteiger partial charge in [-0.15, -0.1) is 0 Å². The minimum atomic E-state index is -0.890. The Balaban J connectivity index is 1.32. The summed E-state index contributed by atoms with van der Waals surface area (Å²) < 4.78 is 32.1. The minimum Gasteiger partial charge on any atom is -0.356 e. The lowest BCUT2D eigenvalue weighted by molar-refractivity contribution is 0.184. The molecule has 1 aromatic heterocycles. The van der Waals surface area contributed by atoms with Gasteiger partial charge in [-0.25, -0.2) is 8.78 Å². The van der Waals surface area contributed by atoms with Crippen LogP contribution in [0.4, 0.5) is 8.78 Å². The zero-order valence-corrected chi connectivity index (χ0v) is 15.1. The summed E-state index contributed by atoms with van der Waals surface area (Å²) in [4.78, 5) is 2.52. The highest BCUT2D eigenvalue weighted by Gasteiger charge is 2.26. The predicted octanol–water partition coefficient (Wildman–Crippen LogP) is 4.19. The van der Waals surface area contributed by atoms with Gasteiger partial charge in [-0.3, -0.25) is 0 Å². The van der Waals surface area contributed by atoms with Crippen molar-refractivity contribution in [2.24, 2.45) is 11.7 Å². The number of nitrogens with two attached hydrogens (primary N) is 1. The molecule has 2 fully saturated rings. The largest absolute Gasteiger partial charge is 0.356 e. The Hall–Kier alpha value is -1.53. The zero-order chi connectivity index (χ0) is 18.1. The summed E-state index contributed by atoms with van der Waals surface area (Å²) in [6, 6.07) is 2.72. The van der Waals surface area contributed by atoms with E-state index in [1.165, 1.54) is 38.2 Å². The van der Waals surface area contributed by atoms with E-state index >= 15 is 0 Å². The van der Waals surface area contributed by atoms with Gasteiger partial charge >= 0.3 is 0 Å². The fourth-order valence-electron chi connectivity index (χ4n) is 4.52. The van der Waals surface area contributed by atoms with E-state index in [-0.39, 0.29) is 5.92 Å². The summed E-state index contributed by atoms with van der Waals surface area (Å²) in [6.45, 7) is 3.19. The van der Waals surface area contributed by atoms with Crippen molar-refractivity contribution < 1.29 is 13.3 Å². The van der Waals surface area contributed by atoms with Gasteiger partial charge in [0.1, 0.15) is 0 Å². The van der Waals surface area contributed by atoms with Gasteiger partial charge in [-0.1, -0.05) is 5.16 Å². The van der Waals surface area contributed by atoms with Crippen LogP contribution >= 0.6 is 0 Å². The van der Waals surface area contributed by atoms with Crippen LogP contribution in [0, 0.1) is 17.6 Å². The molecule has 6 heteroatoms. The molecule has 1 saturated carbocycles. The summed E-state index contributed by atoms with van der Waals surface area (Å²) in [5.41, 5.74) is 7.09. The number of aromatic nitrogens is 1. The molecule has 1 aliphatic carbocycles. The quantitative estimate of drug-likeness (QED) is 0.885. The highest BCUT2D eigenvalue weighted by atomic mass is 19.2. The normalized spacial score (nSPS) is 25.8. The molecule has 0 amide bonds. The first-order valence-corrected chi connectivity index (χ1v) is 9.82. The predicted molar refractivity (Wildman–Crippen MR) is 96.9 cm³/mol. The Morgan fingerprint density at radius 3 is 2.46 bits per heavy atom. The van der Waals surface area contributed by atoms with E-state index in [9.17, 15) is 8.78 Å². The second kappa shape index (κ2) is 7.61. The van der Waals surface area contributed by atoms with Gasteiger partial charge in [-0.05, 0) is 76.6 Å². The molecule has 1 saturated heterocycles. The van der Waals surface area contributed by atoms with Gasteiger partial charge in [0.15, 0.2) is 17.2 Å². The summed E-state index contributed by atoms with van der Waals surface area (Å²) in [5, 5.41) is 4.73. The molecule has 1 aliphatic heterocycles. The van der Waals surface area contributed by atoms with Crippen LogP contribution in [0.15, 0.2) is 16.7 Å². The molecule has 1 aromatic carbocycles. The third-order valence-corrected chi connectivity index (χ3v) is 6.26. The number of hydrogen-bond donors (Lipinski definition) is 1. The number of fused-ring (bicyclic) bond motifs is 1. The number of nitrogens with zero attached hydrogens (tertiary/aromatic N) is 2. The summed E-state index contributed by atoms with van der Waals surface area (Å²) in [6.07, 6.45) is 8.10. The van der Waals surface area contributed by atoms with Crippen molar-refractivity contribution in [2.75, 3.05) is 19.6 Å². The minimum absolute atomic E-state index is 0.255. The molecule has 142 valence electrons. The topological polar surface area (TPSA) is 55.3 Å². The molecule has 26 heavy (non-hydrogen) atoms. The fourth-order valence-corrected chi connectivity index (χ4v) is 4.52. The number of likely N-dealkylation sites (tertiary alicyclic amines) is 1. The lowest BCUT2D eigenvalue weighted by Gasteiger charge is -2.33. The Morgan fingerprint density at radius 1 is 1.04 bits per heavy atom. The van der Waals surface area contributed by atoms with Gasteiger partial charge in [-0.2, -0.15) is 0 Å². The van der Waals surface area contributed by atoms with Crippen LogP contribution < -0.4 is 5.73 Å². The van der Waals surface area contributed by atoms with E-state index in [1.54, 1.807) is 0 Å². The molecule has 0 atom stereocenters. The maximum atomic E-state index is 13.6. The molecule has 0 radical (unpaired) electrons. The molecule has 4 nitrogen and oxygen atoms in total. The first-order valence-electron chi connectivity index (χ1n) is 9.82. The maximum Gasteiger partial charge on any atom is 0.170 e. The molecule has 2 aliphatic rings. The van der Waals surface area contributed by atoms with Crippen molar-refractivity contribution in [3.05, 3.63) is 29.5 Å². The second-order valence-electron chi connectivity index (χ2n) is 8.02. The van der Waals surface area contributed by atoms with E-state index in [0.717, 1.165) is 50.2 Å². The van der Waals surface area contributed by atoms with Crippen molar-refractivity contribution in [1.29, 1.82) is 0 Å². The SMILES string of the molecule is N[C@H]1CC[C@H](CCN2CCC(c3noc4cc(F)c(F)cc34)CC2)CC1. The smallest absolute Gasteiger partial charge is 0.170 e. The molecule has 0 unspecified atom stereocenters. The Labute approximate surface area is 152 Å². The first kappa shape index (κ1) is 17.9. The zero-order valence-electron chi connectivity index (χ0n) is 15.1. The maximum absolute atomic E-state index is 13.6. The van der Waals surface area contributed by atoms with E-state index < -0.39 is 11.6 Å². The first-order chi connectivity index (χ1) is 12.6. The van der Waals surface area contributed by atoms with Gasteiger partial charge < -0.3 is 15.2 Å². The standard InChI is InChI=1S/C20H27F2N3O/c21-17-11-16-19(12-18(17)22)26-24-20(16)14-6-9-25(10-7-14)8-5-13-1-3-15(23)4-2-13/h11-15H,1-10,23H2/t13-,15-. The molecular weight excluding hydrogens is 336 g/mol. The number of halogens is 2. The fraction of sp³-hybridized carbons (Fsp3) is 0.650. The molecule has 2 N–H and O–H groups in total. The van der Waals surface area contributed by atoms with E-state index in [0.29, 0.717) is 17.0 Å². The van der Waals surface area contributed by atoms with Crippen LogP contribution in [0.5, 0.6) is 0 Å². The van der Waals surface area contributed by atoms with Crippen molar-refractivity contribution in [3.8, 4) is 0 Å². The average molecular weight is 363 g/mol. The van der Waals surface area contributed by atoms with Crippen LogP contribution in [0.1, 0.15) is 56.6 Å². The monoisotopic (exact) mass is 363 g/mol. The van der Waals surface area contributed by atoms with E-state index in [4.69, 9.17) is 10.3 Å².